The van der Waals surface area contributed by atoms with Gasteiger partial charge in [-0.1, -0.05) is 0 Å². The Bertz CT molecular complexity index is 581. The average molecular weight is 265 g/mol. The van der Waals surface area contributed by atoms with Gasteiger partial charge in [-0.2, -0.15) is 5.10 Å². The van der Waals surface area contributed by atoms with E-state index in [0.717, 1.165) is 0 Å². The molecule has 2 N–H and O–H groups in total. The van der Waals surface area contributed by atoms with Crippen LogP contribution in [0.15, 0.2) is 24.5 Å². The van der Waals surface area contributed by atoms with Crippen molar-refractivity contribution >= 4 is 5.69 Å². The molecule has 5 nitrogen and oxygen atoms in total. The standard InChI is InChI=1S/C13H16FN3O2/c1-8(2)17-7-9(6-16-17)19-13-5-12(18-3)10(14)4-11(13)15/h4-8H,15H2,1-3H3. The number of methoxy groups -OCH3 is 1. The minimum atomic E-state index is -0.523. The van der Waals surface area contributed by atoms with E-state index in [1.807, 2.05) is 13.8 Å². The first-order valence-corrected chi connectivity index (χ1v) is 5.86. The van der Waals surface area contributed by atoms with Crippen molar-refractivity contribution in [2.24, 2.45) is 0 Å². The maximum Gasteiger partial charge on any atom is 0.167 e. The third-order valence-electron chi connectivity index (χ3n) is 2.62. The van der Waals surface area contributed by atoms with E-state index in [1.54, 1.807) is 17.1 Å². The fourth-order valence-corrected chi connectivity index (χ4v) is 1.58. The summed E-state index contributed by atoms with van der Waals surface area (Å²) in [6.07, 6.45) is 3.33. The molecule has 6 heteroatoms. The average Bonchev–Trinajstić information content (AvgIpc) is 2.81. The van der Waals surface area contributed by atoms with Gasteiger partial charge in [0.15, 0.2) is 23.1 Å². The van der Waals surface area contributed by atoms with Gasteiger partial charge in [-0.05, 0) is 13.8 Å². The Balaban J connectivity index is 2.27. The largest absolute Gasteiger partial charge is 0.494 e. The summed E-state index contributed by atoms with van der Waals surface area (Å²) < 4.78 is 25.6. The summed E-state index contributed by atoms with van der Waals surface area (Å²) in [5.41, 5.74) is 5.92. The maximum absolute atomic E-state index is 13.4. The third kappa shape index (κ3) is 2.78. The number of ether oxygens (including phenoxy) is 2. The first-order valence-electron chi connectivity index (χ1n) is 5.86. The SMILES string of the molecule is COc1cc(Oc2cnn(C(C)C)c2)c(N)cc1F. The molecule has 0 bridgehead atoms. The van der Waals surface area contributed by atoms with Gasteiger partial charge in [0, 0.05) is 18.2 Å². The molecule has 0 aliphatic heterocycles. The van der Waals surface area contributed by atoms with Gasteiger partial charge in [0.2, 0.25) is 0 Å². The molecule has 0 saturated heterocycles. The van der Waals surface area contributed by atoms with Crippen molar-refractivity contribution in [2.75, 3.05) is 12.8 Å². The zero-order valence-corrected chi connectivity index (χ0v) is 11.1. The highest BCUT2D eigenvalue weighted by molar-refractivity contribution is 5.57. The maximum atomic E-state index is 13.4. The lowest BCUT2D eigenvalue weighted by Crippen LogP contribution is -1.99. The summed E-state index contributed by atoms with van der Waals surface area (Å²) in [4.78, 5) is 0. The van der Waals surface area contributed by atoms with E-state index >= 15 is 0 Å². The third-order valence-corrected chi connectivity index (χ3v) is 2.62. The summed E-state index contributed by atoms with van der Waals surface area (Å²) in [5.74, 6) is 0.432. The first-order chi connectivity index (χ1) is 9.01. The number of nitrogens with zero attached hydrogens (tertiary/aromatic N) is 2. The summed E-state index contributed by atoms with van der Waals surface area (Å²) in [6, 6.07) is 2.82. The number of rotatable bonds is 4. The van der Waals surface area contributed by atoms with Crippen molar-refractivity contribution in [3.05, 3.63) is 30.3 Å². The normalized spacial score (nSPS) is 10.8. The highest BCUT2D eigenvalue weighted by Gasteiger charge is 2.11. The Kier molecular flexibility index (Phi) is 3.59. The first kappa shape index (κ1) is 13.2. The summed E-state index contributed by atoms with van der Waals surface area (Å²) >= 11 is 0. The van der Waals surface area contributed by atoms with Crippen LogP contribution in [0.5, 0.6) is 17.2 Å². The quantitative estimate of drug-likeness (QED) is 0.863. The molecule has 1 heterocycles. The van der Waals surface area contributed by atoms with Gasteiger partial charge in [-0.15, -0.1) is 0 Å². The van der Waals surface area contributed by atoms with E-state index in [2.05, 4.69) is 5.10 Å². The molecule has 19 heavy (non-hydrogen) atoms. The van der Waals surface area contributed by atoms with Crippen molar-refractivity contribution in [1.29, 1.82) is 0 Å². The summed E-state index contributed by atoms with van der Waals surface area (Å²) in [5, 5.41) is 4.15. The predicted octanol–water partition coefficient (Wildman–Crippen LogP) is 2.99. The molecule has 0 unspecified atom stereocenters. The van der Waals surface area contributed by atoms with Crippen molar-refractivity contribution in [1.82, 2.24) is 9.78 Å². The lowest BCUT2D eigenvalue weighted by Gasteiger charge is -2.09. The number of nitrogen functional groups attached to an aromatic ring is 1. The zero-order valence-electron chi connectivity index (χ0n) is 11.1. The highest BCUT2D eigenvalue weighted by atomic mass is 19.1. The second kappa shape index (κ2) is 5.17. The van der Waals surface area contributed by atoms with Gasteiger partial charge in [0.05, 0.1) is 25.2 Å². The van der Waals surface area contributed by atoms with Crippen LogP contribution in [0.25, 0.3) is 0 Å². The molecule has 0 saturated carbocycles. The van der Waals surface area contributed by atoms with Crippen LogP contribution in [0.1, 0.15) is 19.9 Å². The number of hydrogen-bond donors (Lipinski definition) is 1. The second-order valence-electron chi connectivity index (χ2n) is 4.38. The molecule has 2 rings (SSSR count). The minimum absolute atomic E-state index is 0.0838. The van der Waals surface area contributed by atoms with E-state index in [4.69, 9.17) is 15.2 Å². The van der Waals surface area contributed by atoms with E-state index in [9.17, 15) is 4.39 Å². The smallest absolute Gasteiger partial charge is 0.167 e. The predicted molar refractivity (Wildman–Crippen MR) is 70.1 cm³/mol. The molecule has 1 aromatic heterocycles. The van der Waals surface area contributed by atoms with Crippen LogP contribution in [0.4, 0.5) is 10.1 Å². The van der Waals surface area contributed by atoms with Crippen molar-refractivity contribution in [2.45, 2.75) is 19.9 Å². The Morgan fingerprint density at radius 2 is 2.05 bits per heavy atom. The monoisotopic (exact) mass is 265 g/mol. The second-order valence-corrected chi connectivity index (χ2v) is 4.38. The number of nitrogens with two attached hydrogens (primary N) is 1. The Morgan fingerprint density at radius 1 is 1.32 bits per heavy atom. The molecular weight excluding hydrogens is 249 g/mol. The molecule has 0 radical (unpaired) electrons. The molecular formula is C13H16FN3O2. The van der Waals surface area contributed by atoms with Gasteiger partial charge in [0.1, 0.15) is 0 Å². The molecule has 102 valence electrons. The van der Waals surface area contributed by atoms with Crippen molar-refractivity contribution < 1.29 is 13.9 Å². The van der Waals surface area contributed by atoms with Gasteiger partial charge in [-0.3, -0.25) is 4.68 Å². The van der Waals surface area contributed by atoms with E-state index in [-0.39, 0.29) is 17.5 Å². The minimum Gasteiger partial charge on any atom is -0.494 e. The molecule has 0 aliphatic rings. The summed E-state index contributed by atoms with van der Waals surface area (Å²) in [6.45, 7) is 4.01. The van der Waals surface area contributed by atoms with Crippen LogP contribution in [0.2, 0.25) is 0 Å². The van der Waals surface area contributed by atoms with Crippen LogP contribution >= 0.6 is 0 Å². The number of aromatic nitrogens is 2. The molecule has 0 amide bonds. The van der Waals surface area contributed by atoms with E-state index in [0.29, 0.717) is 11.5 Å². The van der Waals surface area contributed by atoms with Gasteiger partial charge < -0.3 is 15.2 Å². The Hall–Kier alpha value is -2.24. The van der Waals surface area contributed by atoms with Gasteiger partial charge >= 0.3 is 0 Å². The molecule has 1 aromatic carbocycles. The number of benzene rings is 1. The van der Waals surface area contributed by atoms with Gasteiger partial charge in [0.25, 0.3) is 0 Å². The molecule has 2 aromatic rings. The Labute approximate surface area is 110 Å². The van der Waals surface area contributed by atoms with Crippen LogP contribution in [-0.2, 0) is 0 Å². The fraction of sp³-hybridized carbons (Fsp3) is 0.308. The topological polar surface area (TPSA) is 62.3 Å². The van der Waals surface area contributed by atoms with Crippen molar-refractivity contribution in [3.8, 4) is 17.2 Å². The number of anilines is 1. The molecule has 0 fully saturated rings. The lowest BCUT2D eigenvalue weighted by atomic mass is 10.2. The number of halogens is 1. The van der Waals surface area contributed by atoms with E-state index < -0.39 is 5.82 Å². The van der Waals surface area contributed by atoms with Crippen molar-refractivity contribution in [3.63, 3.8) is 0 Å². The van der Waals surface area contributed by atoms with E-state index in [1.165, 1.54) is 19.2 Å². The molecule has 0 atom stereocenters. The van der Waals surface area contributed by atoms with Crippen LogP contribution in [-0.4, -0.2) is 16.9 Å². The van der Waals surface area contributed by atoms with Crippen LogP contribution < -0.4 is 15.2 Å². The Morgan fingerprint density at radius 3 is 2.63 bits per heavy atom. The lowest BCUT2D eigenvalue weighted by molar-refractivity contribution is 0.382. The van der Waals surface area contributed by atoms with Crippen LogP contribution in [0.3, 0.4) is 0 Å². The summed E-state index contributed by atoms with van der Waals surface area (Å²) in [7, 11) is 1.38. The fourth-order valence-electron chi connectivity index (χ4n) is 1.58. The zero-order chi connectivity index (χ0) is 14.0. The number of hydrogen-bond acceptors (Lipinski definition) is 4. The molecule has 0 spiro atoms. The highest BCUT2D eigenvalue weighted by Crippen LogP contribution is 2.33. The van der Waals surface area contributed by atoms with Crippen LogP contribution in [0, 0.1) is 5.82 Å². The van der Waals surface area contributed by atoms with Gasteiger partial charge in [-0.25, -0.2) is 4.39 Å². The molecule has 0 aliphatic carbocycles.